The average Bonchev–Trinajstić information content (AvgIpc) is 2.90. The molecule has 0 bridgehead atoms. The Hall–Kier alpha value is -3.69. The van der Waals surface area contributed by atoms with Gasteiger partial charge in [-0.15, -0.1) is 0 Å². The highest BCUT2D eigenvalue weighted by atomic mass is 19.1. The molecule has 0 radical (unpaired) electrons. The Kier molecular flexibility index (Phi) is 8.02. The summed E-state index contributed by atoms with van der Waals surface area (Å²) < 4.78 is 46.6. The average molecular weight is 495 g/mol. The van der Waals surface area contributed by atoms with Gasteiger partial charge in [-0.2, -0.15) is 8.78 Å². The third-order valence-electron chi connectivity index (χ3n) is 5.78. The molecule has 0 saturated carbocycles. The van der Waals surface area contributed by atoms with E-state index in [1.807, 2.05) is 19.9 Å². The van der Waals surface area contributed by atoms with Gasteiger partial charge in [0, 0.05) is 28.8 Å². The second kappa shape index (κ2) is 11.4. The molecule has 2 aliphatic heterocycles. The maximum absolute atomic E-state index is 15.1. The van der Waals surface area contributed by atoms with Crippen LogP contribution in [0.4, 0.5) is 8.78 Å². The van der Waals surface area contributed by atoms with Crippen LogP contribution in [-0.4, -0.2) is 42.2 Å². The van der Waals surface area contributed by atoms with Crippen LogP contribution in [-0.2, 0) is 9.47 Å². The van der Waals surface area contributed by atoms with Crippen LogP contribution in [0.15, 0.2) is 48.7 Å². The van der Waals surface area contributed by atoms with Crippen molar-refractivity contribution in [1.82, 2.24) is 9.97 Å². The van der Waals surface area contributed by atoms with Gasteiger partial charge in [0.05, 0.1) is 25.5 Å². The summed E-state index contributed by atoms with van der Waals surface area (Å²) in [5.74, 6) is -1.46. The Labute approximate surface area is 208 Å². The first-order valence-corrected chi connectivity index (χ1v) is 11.8. The van der Waals surface area contributed by atoms with Crippen molar-refractivity contribution in [2.75, 3.05) is 26.4 Å². The van der Waals surface area contributed by atoms with Crippen molar-refractivity contribution in [3.05, 3.63) is 77.4 Å². The molecule has 7 nitrogen and oxygen atoms in total. The second-order valence-corrected chi connectivity index (χ2v) is 8.08. The van der Waals surface area contributed by atoms with E-state index in [-0.39, 0.29) is 24.8 Å². The lowest BCUT2D eigenvalue weighted by atomic mass is 9.86. The molecule has 9 heteroatoms. The molecule has 2 aliphatic rings. The quantitative estimate of drug-likeness (QED) is 0.269. The fourth-order valence-corrected chi connectivity index (χ4v) is 4.21. The van der Waals surface area contributed by atoms with E-state index in [0.717, 1.165) is 12.0 Å². The number of amidine groups is 1. The van der Waals surface area contributed by atoms with Crippen LogP contribution in [0, 0.1) is 17.3 Å². The molecule has 0 fully saturated rings. The van der Waals surface area contributed by atoms with Crippen LogP contribution in [0.5, 0.6) is 11.5 Å². The molecule has 5 rings (SSSR count). The van der Waals surface area contributed by atoms with Crippen molar-refractivity contribution in [2.45, 2.75) is 26.2 Å². The lowest BCUT2D eigenvalue weighted by molar-refractivity contribution is 0.159. The zero-order chi connectivity index (χ0) is 25.7. The molecular formula is C27H28F2N4O3. The van der Waals surface area contributed by atoms with Crippen molar-refractivity contribution >= 4 is 11.4 Å². The zero-order valence-electron chi connectivity index (χ0n) is 20.2. The molecule has 4 heterocycles. The van der Waals surface area contributed by atoms with Gasteiger partial charge in [0.1, 0.15) is 18.2 Å². The SMILES string of the molecule is CC.N=C(N)COCC1c2cc(-c3cccnc3F)ccc2Oc2c1cc(C1=CCCOC1)nc2F. The summed E-state index contributed by atoms with van der Waals surface area (Å²) in [5, 5.41) is 7.46. The van der Waals surface area contributed by atoms with Crippen molar-refractivity contribution in [2.24, 2.45) is 5.73 Å². The minimum absolute atomic E-state index is 0.0188. The van der Waals surface area contributed by atoms with E-state index in [1.54, 1.807) is 36.4 Å². The van der Waals surface area contributed by atoms with Gasteiger partial charge in [0.25, 0.3) is 5.95 Å². The van der Waals surface area contributed by atoms with Crippen LogP contribution in [0.25, 0.3) is 16.7 Å². The zero-order valence-corrected chi connectivity index (χ0v) is 20.2. The fourth-order valence-electron chi connectivity index (χ4n) is 4.21. The summed E-state index contributed by atoms with van der Waals surface area (Å²) in [6, 6.07) is 10.2. The molecular weight excluding hydrogens is 466 g/mol. The van der Waals surface area contributed by atoms with Gasteiger partial charge in [-0.05, 0) is 47.9 Å². The Morgan fingerprint density at radius 3 is 2.72 bits per heavy atom. The van der Waals surface area contributed by atoms with E-state index in [9.17, 15) is 4.39 Å². The van der Waals surface area contributed by atoms with Gasteiger partial charge in [-0.25, -0.2) is 9.97 Å². The maximum Gasteiger partial charge on any atom is 0.256 e. The van der Waals surface area contributed by atoms with Crippen molar-refractivity contribution in [1.29, 1.82) is 5.41 Å². The Balaban J connectivity index is 0.00000148. The number of nitrogens with one attached hydrogen (secondary N) is 1. The van der Waals surface area contributed by atoms with Crippen molar-refractivity contribution < 1.29 is 23.0 Å². The Bertz CT molecular complexity index is 1300. The standard InChI is InChI=1S/C25H22F2N4O3.C2H6/c26-24-16(4-1-7-30-24)14-5-6-21-17(9-14)19(12-33-13-22(28)29)18-10-20(15-3-2-8-32-11-15)31-25(27)23(18)34-21;1-2/h1,3-7,9-10,19H,2,8,11-13H2,(H3,28,29);1-2H3. The van der Waals surface area contributed by atoms with Gasteiger partial charge in [-0.3, -0.25) is 5.41 Å². The van der Waals surface area contributed by atoms with E-state index in [4.69, 9.17) is 25.4 Å². The molecule has 3 N–H and O–H groups in total. The molecule has 0 aliphatic carbocycles. The van der Waals surface area contributed by atoms with Gasteiger partial charge >= 0.3 is 0 Å². The molecule has 188 valence electrons. The third-order valence-corrected chi connectivity index (χ3v) is 5.78. The first kappa shape index (κ1) is 25.4. The van der Waals surface area contributed by atoms with Crippen LogP contribution >= 0.6 is 0 Å². The van der Waals surface area contributed by atoms with E-state index in [0.29, 0.717) is 46.9 Å². The molecule has 2 aromatic heterocycles. The highest BCUT2D eigenvalue weighted by Crippen LogP contribution is 2.47. The predicted molar refractivity (Wildman–Crippen MR) is 133 cm³/mol. The Morgan fingerprint density at radius 1 is 1.17 bits per heavy atom. The molecule has 36 heavy (non-hydrogen) atoms. The van der Waals surface area contributed by atoms with E-state index in [1.165, 1.54) is 6.20 Å². The second-order valence-electron chi connectivity index (χ2n) is 8.08. The molecule has 0 amide bonds. The lowest BCUT2D eigenvalue weighted by Gasteiger charge is -2.29. The van der Waals surface area contributed by atoms with Crippen molar-refractivity contribution in [3.8, 4) is 22.6 Å². The highest BCUT2D eigenvalue weighted by Gasteiger charge is 2.32. The monoisotopic (exact) mass is 494 g/mol. The first-order valence-electron chi connectivity index (χ1n) is 11.8. The third kappa shape index (κ3) is 5.27. The summed E-state index contributed by atoms with van der Waals surface area (Å²) in [4.78, 5) is 7.84. The summed E-state index contributed by atoms with van der Waals surface area (Å²) >= 11 is 0. The highest BCUT2D eigenvalue weighted by molar-refractivity contribution is 5.78. The number of hydrogen-bond acceptors (Lipinski definition) is 6. The predicted octanol–water partition coefficient (Wildman–Crippen LogP) is 5.44. The number of fused-ring (bicyclic) bond motifs is 2. The number of rotatable bonds is 6. The summed E-state index contributed by atoms with van der Waals surface area (Å²) in [7, 11) is 0. The first-order chi connectivity index (χ1) is 17.5. The molecule has 1 unspecified atom stereocenters. The van der Waals surface area contributed by atoms with Crippen LogP contribution < -0.4 is 10.5 Å². The number of ether oxygens (including phenoxy) is 3. The van der Waals surface area contributed by atoms with E-state index >= 15 is 4.39 Å². The van der Waals surface area contributed by atoms with Gasteiger partial charge < -0.3 is 19.9 Å². The molecule has 0 saturated heterocycles. The van der Waals surface area contributed by atoms with Gasteiger partial charge in [0.15, 0.2) is 5.75 Å². The molecule has 0 spiro atoms. The fraction of sp³-hybridized carbons (Fsp3) is 0.296. The molecule has 3 aromatic rings. The molecule has 1 atom stereocenters. The van der Waals surface area contributed by atoms with E-state index in [2.05, 4.69) is 9.97 Å². The summed E-state index contributed by atoms with van der Waals surface area (Å²) in [5.41, 5.74) is 8.91. The number of halogens is 2. The minimum Gasteiger partial charge on any atom is -0.452 e. The summed E-state index contributed by atoms with van der Waals surface area (Å²) in [6.07, 6.45) is 4.09. The number of pyridine rings is 2. The largest absolute Gasteiger partial charge is 0.452 e. The summed E-state index contributed by atoms with van der Waals surface area (Å²) in [6.45, 7) is 5.00. The van der Waals surface area contributed by atoms with Crippen LogP contribution in [0.2, 0.25) is 0 Å². The van der Waals surface area contributed by atoms with Gasteiger partial charge in [-0.1, -0.05) is 26.0 Å². The van der Waals surface area contributed by atoms with Gasteiger partial charge in [0.2, 0.25) is 5.95 Å². The lowest BCUT2D eigenvalue weighted by Crippen LogP contribution is -2.22. The number of nitrogens with zero attached hydrogens (tertiary/aromatic N) is 2. The smallest absolute Gasteiger partial charge is 0.256 e. The van der Waals surface area contributed by atoms with Crippen LogP contribution in [0.1, 0.15) is 43.0 Å². The normalized spacial score (nSPS) is 16.0. The topological polar surface area (TPSA) is 103 Å². The number of aromatic nitrogens is 2. The molecule has 1 aromatic carbocycles. The van der Waals surface area contributed by atoms with Crippen LogP contribution in [0.3, 0.4) is 0 Å². The number of hydrogen-bond donors (Lipinski definition) is 2. The number of nitrogens with two attached hydrogens (primary N) is 1. The Morgan fingerprint density at radius 2 is 2.00 bits per heavy atom. The van der Waals surface area contributed by atoms with Crippen molar-refractivity contribution in [3.63, 3.8) is 0 Å². The maximum atomic E-state index is 15.1. The van der Waals surface area contributed by atoms with E-state index < -0.39 is 17.8 Å². The number of benzene rings is 1. The minimum atomic E-state index is -0.733.